The first-order valence-electron chi connectivity index (χ1n) is 10.9. The van der Waals surface area contributed by atoms with Crippen molar-refractivity contribution in [2.75, 3.05) is 13.2 Å². The van der Waals surface area contributed by atoms with E-state index in [-0.39, 0.29) is 11.2 Å². The molecule has 0 bridgehead atoms. The van der Waals surface area contributed by atoms with E-state index in [0.717, 1.165) is 50.2 Å². The van der Waals surface area contributed by atoms with Gasteiger partial charge >= 0.3 is 0 Å². The van der Waals surface area contributed by atoms with E-state index in [0.29, 0.717) is 17.1 Å². The highest BCUT2D eigenvalue weighted by Crippen LogP contribution is 2.68. The number of hydrogen-bond acceptors (Lipinski definition) is 3. The van der Waals surface area contributed by atoms with Crippen LogP contribution in [-0.2, 0) is 14.3 Å². The standard InChI is InChI=1S/C23H34O3/c1-21-10-8-16(24)14-15(21)4-5-17-18-6-7-20(23(3)25-12-13-26-23)22(18,2)11-9-19(17)21/h14,17-20H,4-13H2,1-3H3/t17?,18?,19?,20?,21-,22?/m0/s1. The van der Waals surface area contributed by atoms with Crippen molar-refractivity contribution in [1.82, 2.24) is 0 Å². The van der Waals surface area contributed by atoms with Crippen LogP contribution in [0.2, 0.25) is 0 Å². The van der Waals surface area contributed by atoms with E-state index in [1.807, 2.05) is 6.08 Å². The highest BCUT2D eigenvalue weighted by atomic mass is 16.7. The van der Waals surface area contributed by atoms with Gasteiger partial charge in [0.15, 0.2) is 11.6 Å². The van der Waals surface area contributed by atoms with Crippen LogP contribution in [0.15, 0.2) is 11.6 Å². The second-order valence-corrected chi connectivity index (χ2v) is 10.4. The normalized spacial score (nSPS) is 50.0. The van der Waals surface area contributed by atoms with Crippen molar-refractivity contribution in [1.29, 1.82) is 0 Å². The number of carbonyl (C=O) groups is 1. The van der Waals surface area contributed by atoms with Crippen molar-refractivity contribution in [3.63, 3.8) is 0 Å². The number of fused-ring (bicyclic) bond motifs is 5. The summed E-state index contributed by atoms with van der Waals surface area (Å²) in [7, 11) is 0. The van der Waals surface area contributed by atoms with Gasteiger partial charge in [0, 0.05) is 12.3 Å². The van der Waals surface area contributed by atoms with Crippen molar-refractivity contribution in [2.45, 2.75) is 77.9 Å². The molecule has 0 aromatic carbocycles. The topological polar surface area (TPSA) is 35.5 Å². The fourth-order valence-corrected chi connectivity index (χ4v) is 8.15. The first kappa shape index (κ1) is 17.4. The molecule has 5 aliphatic rings. The average Bonchev–Trinajstić information content (AvgIpc) is 3.19. The van der Waals surface area contributed by atoms with E-state index >= 15 is 0 Å². The Morgan fingerprint density at radius 2 is 1.69 bits per heavy atom. The fraction of sp³-hybridized carbons (Fsp3) is 0.870. The molecule has 1 aliphatic heterocycles. The Balaban J connectivity index is 1.45. The summed E-state index contributed by atoms with van der Waals surface area (Å²) >= 11 is 0. The second kappa shape index (κ2) is 5.67. The van der Waals surface area contributed by atoms with Crippen LogP contribution in [0, 0.1) is 34.5 Å². The van der Waals surface area contributed by atoms with Crippen molar-refractivity contribution < 1.29 is 14.3 Å². The number of rotatable bonds is 1. The minimum absolute atomic E-state index is 0.278. The van der Waals surface area contributed by atoms with Crippen molar-refractivity contribution in [3.05, 3.63) is 11.6 Å². The van der Waals surface area contributed by atoms with Crippen LogP contribution >= 0.6 is 0 Å². The van der Waals surface area contributed by atoms with Crippen molar-refractivity contribution >= 4 is 5.78 Å². The molecular formula is C23H34O3. The summed E-state index contributed by atoms with van der Waals surface area (Å²) in [4.78, 5) is 12.0. The Bertz CT molecular complexity index is 646. The molecule has 3 saturated carbocycles. The Hall–Kier alpha value is -0.670. The summed E-state index contributed by atoms with van der Waals surface area (Å²) in [5.41, 5.74) is 2.10. The number of allylic oxidation sites excluding steroid dienone is 1. The molecule has 4 fully saturated rings. The van der Waals surface area contributed by atoms with E-state index in [1.165, 1.54) is 37.7 Å². The summed E-state index contributed by atoms with van der Waals surface area (Å²) in [5.74, 6) is 2.91. The van der Waals surface area contributed by atoms with Gasteiger partial charge in [-0.2, -0.15) is 0 Å². The van der Waals surface area contributed by atoms with Crippen LogP contribution in [-0.4, -0.2) is 24.8 Å². The van der Waals surface area contributed by atoms with Crippen LogP contribution in [0.1, 0.15) is 72.1 Å². The SMILES string of the molecule is CC1(C2CCC3C4CCC5=CC(=O)CC[C@]5(C)C4CCC32C)OCCO1. The molecule has 0 aromatic heterocycles. The Labute approximate surface area is 157 Å². The minimum atomic E-state index is -0.364. The smallest absolute Gasteiger partial charge is 0.169 e. The summed E-state index contributed by atoms with van der Waals surface area (Å²) in [6.45, 7) is 8.71. The lowest BCUT2D eigenvalue weighted by atomic mass is 9.46. The minimum Gasteiger partial charge on any atom is -0.348 e. The third-order valence-electron chi connectivity index (χ3n) is 9.46. The highest BCUT2D eigenvalue weighted by molar-refractivity contribution is 5.91. The number of hydrogen-bond donors (Lipinski definition) is 0. The van der Waals surface area contributed by atoms with Crippen molar-refractivity contribution in [3.8, 4) is 0 Å². The highest BCUT2D eigenvalue weighted by Gasteiger charge is 2.63. The first-order valence-corrected chi connectivity index (χ1v) is 10.9. The molecule has 0 radical (unpaired) electrons. The molecule has 26 heavy (non-hydrogen) atoms. The molecule has 3 nitrogen and oxygen atoms in total. The van der Waals surface area contributed by atoms with Gasteiger partial charge in [0.2, 0.25) is 0 Å². The Kier molecular flexibility index (Phi) is 3.80. The first-order chi connectivity index (χ1) is 12.4. The van der Waals surface area contributed by atoms with Gasteiger partial charge in [0.1, 0.15) is 0 Å². The summed E-state index contributed by atoms with van der Waals surface area (Å²) in [6.07, 6.45) is 11.5. The molecule has 0 amide bonds. The lowest BCUT2D eigenvalue weighted by molar-refractivity contribution is -0.214. The zero-order valence-corrected chi connectivity index (χ0v) is 16.7. The van der Waals surface area contributed by atoms with Crippen LogP contribution < -0.4 is 0 Å². The van der Waals surface area contributed by atoms with Gasteiger partial charge in [-0.05, 0) is 86.5 Å². The average molecular weight is 359 g/mol. The monoisotopic (exact) mass is 358 g/mol. The quantitative estimate of drug-likeness (QED) is 0.669. The predicted octanol–water partition coefficient (Wildman–Crippen LogP) is 4.90. The largest absolute Gasteiger partial charge is 0.348 e. The van der Waals surface area contributed by atoms with Crippen molar-refractivity contribution in [2.24, 2.45) is 34.5 Å². The van der Waals surface area contributed by atoms with E-state index < -0.39 is 0 Å². The predicted molar refractivity (Wildman–Crippen MR) is 101 cm³/mol. The summed E-state index contributed by atoms with van der Waals surface area (Å²) in [5, 5.41) is 0. The second-order valence-electron chi connectivity index (χ2n) is 10.4. The van der Waals surface area contributed by atoms with Gasteiger partial charge in [-0.3, -0.25) is 4.79 Å². The lowest BCUT2D eigenvalue weighted by Gasteiger charge is -2.58. The Morgan fingerprint density at radius 3 is 2.46 bits per heavy atom. The molecule has 5 rings (SSSR count). The summed E-state index contributed by atoms with van der Waals surface area (Å²) < 4.78 is 12.2. The maximum Gasteiger partial charge on any atom is 0.169 e. The molecule has 0 aromatic rings. The summed E-state index contributed by atoms with van der Waals surface area (Å²) in [6, 6.07) is 0. The molecule has 0 N–H and O–H groups in total. The maximum atomic E-state index is 12.0. The zero-order valence-electron chi connectivity index (χ0n) is 16.7. The molecule has 1 heterocycles. The third-order valence-corrected chi connectivity index (χ3v) is 9.46. The third kappa shape index (κ3) is 2.22. The zero-order chi connectivity index (χ0) is 18.2. The van der Waals surface area contributed by atoms with Gasteiger partial charge in [-0.25, -0.2) is 0 Å². The fourth-order valence-electron chi connectivity index (χ4n) is 8.15. The van der Waals surface area contributed by atoms with Crippen LogP contribution in [0.3, 0.4) is 0 Å². The van der Waals surface area contributed by atoms with Gasteiger partial charge in [-0.1, -0.05) is 19.4 Å². The van der Waals surface area contributed by atoms with Gasteiger partial charge in [0.25, 0.3) is 0 Å². The maximum absolute atomic E-state index is 12.0. The van der Waals surface area contributed by atoms with Gasteiger partial charge < -0.3 is 9.47 Å². The molecule has 1 saturated heterocycles. The molecule has 0 spiro atoms. The van der Waals surface area contributed by atoms with E-state index in [1.54, 1.807) is 0 Å². The molecule has 4 aliphatic carbocycles. The molecular weight excluding hydrogens is 324 g/mol. The van der Waals surface area contributed by atoms with E-state index in [4.69, 9.17) is 9.47 Å². The van der Waals surface area contributed by atoms with Gasteiger partial charge in [0.05, 0.1) is 13.2 Å². The Morgan fingerprint density at radius 1 is 0.923 bits per heavy atom. The van der Waals surface area contributed by atoms with Crippen LogP contribution in [0.5, 0.6) is 0 Å². The molecule has 3 heteroatoms. The molecule has 5 unspecified atom stereocenters. The van der Waals surface area contributed by atoms with Crippen LogP contribution in [0.4, 0.5) is 0 Å². The van der Waals surface area contributed by atoms with E-state index in [2.05, 4.69) is 20.8 Å². The number of ketones is 1. The van der Waals surface area contributed by atoms with Crippen LogP contribution in [0.25, 0.3) is 0 Å². The van der Waals surface area contributed by atoms with Gasteiger partial charge in [-0.15, -0.1) is 0 Å². The lowest BCUT2D eigenvalue weighted by Crippen LogP contribution is -2.53. The van der Waals surface area contributed by atoms with E-state index in [9.17, 15) is 4.79 Å². The number of carbonyl (C=O) groups excluding carboxylic acids is 1. The number of ether oxygens (including phenoxy) is 2. The molecule has 6 atom stereocenters. The molecule has 144 valence electrons.